The number of likely N-dealkylation sites (tertiary alicyclic amines) is 1. The van der Waals surface area contributed by atoms with E-state index >= 15 is 0 Å². The lowest BCUT2D eigenvalue weighted by atomic mass is 9.85. The first-order chi connectivity index (χ1) is 7.75. The molecule has 2 rings (SSSR count). The lowest BCUT2D eigenvalue weighted by Crippen LogP contribution is -2.52. The van der Waals surface area contributed by atoms with E-state index in [2.05, 4.69) is 29.2 Å². The fourth-order valence-electron chi connectivity index (χ4n) is 3.13. The second kappa shape index (κ2) is 5.99. The Balaban J connectivity index is 1.68. The molecule has 2 atom stereocenters. The van der Waals surface area contributed by atoms with Crippen molar-refractivity contribution in [2.24, 2.45) is 5.92 Å². The third kappa shape index (κ3) is 3.44. The number of fused-ring (bicyclic) bond motifs is 1. The van der Waals surface area contributed by atoms with Gasteiger partial charge in [-0.1, -0.05) is 0 Å². The summed E-state index contributed by atoms with van der Waals surface area (Å²) < 4.78 is 0. The van der Waals surface area contributed by atoms with Gasteiger partial charge in [-0.05, 0) is 71.9 Å². The molecule has 2 saturated heterocycles. The molecule has 0 aromatic carbocycles. The summed E-state index contributed by atoms with van der Waals surface area (Å²) in [5, 5.41) is 3.68. The molecule has 2 aliphatic heterocycles. The molecule has 0 amide bonds. The van der Waals surface area contributed by atoms with Crippen LogP contribution in [0, 0.1) is 5.92 Å². The van der Waals surface area contributed by atoms with Gasteiger partial charge in [0.1, 0.15) is 0 Å². The van der Waals surface area contributed by atoms with Crippen molar-refractivity contribution in [3.05, 3.63) is 0 Å². The predicted octanol–water partition coefficient (Wildman–Crippen LogP) is 1.01. The highest BCUT2D eigenvalue weighted by molar-refractivity contribution is 4.88. The van der Waals surface area contributed by atoms with Crippen molar-refractivity contribution in [1.29, 1.82) is 0 Å². The molecule has 0 aromatic heterocycles. The number of nitrogens with one attached hydrogen (secondary N) is 1. The molecule has 2 aliphatic rings. The van der Waals surface area contributed by atoms with E-state index in [1.807, 2.05) is 0 Å². The average molecular weight is 225 g/mol. The Morgan fingerprint density at radius 2 is 2.19 bits per heavy atom. The highest BCUT2D eigenvalue weighted by Gasteiger charge is 2.30. The van der Waals surface area contributed by atoms with Crippen LogP contribution in [0.2, 0.25) is 0 Å². The van der Waals surface area contributed by atoms with Gasteiger partial charge in [-0.25, -0.2) is 0 Å². The van der Waals surface area contributed by atoms with Crippen LogP contribution in [0.3, 0.4) is 0 Å². The highest BCUT2D eigenvalue weighted by atomic mass is 15.2. The smallest absolute Gasteiger partial charge is 0.0120 e. The fraction of sp³-hybridized carbons (Fsp3) is 1.00. The van der Waals surface area contributed by atoms with Crippen LogP contribution >= 0.6 is 0 Å². The highest BCUT2D eigenvalue weighted by Crippen LogP contribution is 2.24. The maximum absolute atomic E-state index is 3.68. The number of hydrogen-bond acceptors (Lipinski definition) is 3. The number of hydrogen-bond donors (Lipinski definition) is 1. The van der Waals surface area contributed by atoms with Gasteiger partial charge in [-0.3, -0.25) is 0 Å². The van der Waals surface area contributed by atoms with Crippen molar-refractivity contribution in [3.8, 4) is 0 Å². The lowest BCUT2D eigenvalue weighted by Gasteiger charge is -2.41. The third-order valence-electron chi connectivity index (χ3n) is 4.06. The summed E-state index contributed by atoms with van der Waals surface area (Å²) in [7, 11) is 4.33. The largest absolute Gasteiger partial charge is 0.314 e. The lowest BCUT2D eigenvalue weighted by molar-refractivity contribution is 0.111. The topological polar surface area (TPSA) is 18.5 Å². The van der Waals surface area contributed by atoms with Gasteiger partial charge in [0.25, 0.3) is 0 Å². The van der Waals surface area contributed by atoms with Crippen LogP contribution in [0.1, 0.15) is 25.7 Å². The molecular weight excluding hydrogens is 198 g/mol. The van der Waals surface area contributed by atoms with Crippen LogP contribution < -0.4 is 5.32 Å². The fourth-order valence-corrected chi connectivity index (χ4v) is 3.13. The molecule has 1 N–H and O–H groups in total. The molecule has 16 heavy (non-hydrogen) atoms. The quantitative estimate of drug-likeness (QED) is 0.770. The van der Waals surface area contributed by atoms with Gasteiger partial charge in [-0.15, -0.1) is 0 Å². The van der Waals surface area contributed by atoms with E-state index in [0.29, 0.717) is 0 Å². The third-order valence-corrected chi connectivity index (χ3v) is 4.06. The molecule has 2 heterocycles. The Hall–Kier alpha value is -0.120. The number of rotatable bonds is 4. The molecule has 0 aromatic rings. The molecule has 94 valence electrons. The van der Waals surface area contributed by atoms with Crippen molar-refractivity contribution in [3.63, 3.8) is 0 Å². The minimum Gasteiger partial charge on any atom is -0.314 e. The van der Waals surface area contributed by atoms with Crippen LogP contribution in [0.4, 0.5) is 0 Å². The summed E-state index contributed by atoms with van der Waals surface area (Å²) in [6.45, 7) is 6.42. The van der Waals surface area contributed by atoms with Crippen molar-refractivity contribution in [2.75, 3.05) is 46.8 Å². The van der Waals surface area contributed by atoms with E-state index in [-0.39, 0.29) is 0 Å². The van der Waals surface area contributed by atoms with Gasteiger partial charge >= 0.3 is 0 Å². The molecule has 0 radical (unpaired) electrons. The average Bonchev–Trinajstić information content (AvgIpc) is 2.28. The van der Waals surface area contributed by atoms with E-state index in [1.165, 1.54) is 58.4 Å². The van der Waals surface area contributed by atoms with Crippen molar-refractivity contribution in [2.45, 2.75) is 31.7 Å². The van der Waals surface area contributed by atoms with E-state index < -0.39 is 0 Å². The monoisotopic (exact) mass is 225 g/mol. The number of piperidine rings is 2. The zero-order valence-corrected chi connectivity index (χ0v) is 10.9. The number of nitrogens with zero attached hydrogens (tertiary/aromatic N) is 2. The second-order valence-electron chi connectivity index (χ2n) is 5.71. The van der Waals surface area contributed by atoms with E-state index in [0.717, 1.165) is 12.0 Å². The first-order valence-electron chi connectivity index (χ1n) is 6.86. The first kappa shape index (κ1) is 12.3. The summed E-state index contributed by atoms with van der Waals surface area (Å²) >= 11 is 0. The standard InChI is InChI=1S/C13H27N3/c1-15(2)8-4-9-16-10-6-13-12(11-16)5-3-7-14-13/h12-14H,3-11H2,1-2H3. The van der Waals surface area contributed by atoms with Crippen LogP contribution in [0.15, 0.2) is 0 Å². The summed E-state index contributed by atoms with van der Waals surface area (Å²) in [4.78, 5) is 4.96. The van der Waals surface area contributed by atoms with Crippen LogP contribution in [0.5, 0.6) is 0 Å². The maximum Gasteiger partial charge on any atom is 0.0120 e. The Morgan fingerprint density at radius 1 is 1.31 bits per heavy atom. The molecule has 0 spiro atoms. The summed E-state index contributed by atoms with van der Waals surface area (Å²) in [6.07, 6.45) is 5.51. The minimum atomic E-state index is 0.832. The van der Waals surface area contributed by atoms with Gasteiger partial charge in [0.05, 0.1) is 0 Å². The van der Waals surface area contributed by atoms with Crippen molar-refractivity contribution < 1.29 is 0 Å². The Bertz CT molecular complexity index is 205. The zero-order chi connectivity index (χ0) is 11.4. The Labute approximate surface area is 100 Å². The minimum absolute atomic E-state index is 0.832. The molecule has 3 heteroatoms. The normalized spacial score (nSPS) is 31.7. The molecule has 2 unspecified atom stereocenters. The SMILES string of the molecule is CN(C)CCCN1CCC2NCCCC2C1. The van der Waals surface area contributed by atoms with Gasteiger partial charge in [0.2, 0.25) is 0 Å². The second-order valence-corrected chi connectivity index (χ2v) is 5.71. The van der Waals surface area contributed by atoms with E-state index in [1.54, 1.807) is 0 Å². The summed E-state index contributed by atoms with van der Waals surface area (Å²) in [6, 6.07) is 0.832. The predicted molar refractivity (Wildman–Crippen MR) is 68.7 cm³/mol. The maximum atomic E-state index is 3.68. The molecular formula is C13H27N3. The molecule has 3 nitrogen and oxygen atoms in total. The summed E-state index contributed by atoms with van der Waals surface area (Å²) in [5.41, 5.74) is 0. The van der Waals surface area contributed by atoms with Crippen LogP contribution in [-0.4, -0.2) is 62.7 Å². The van der Waals surface area contributed by atoms with Crippen molar-refractivity contribution in [1.82, 2.24) is 15.1 Å². The molecule has 0 aliphatic carbocycles. The first-order valence-corrected chi connectivity index (χ1v) is 6.86. The van der Waals surface area contributed by atoms with Crippen LogP contribution in [-0.2, 0) is 0 Å². The zero-order valence-electron chi connectivity index (χ0n) is 10.9. The molecule has 2 fully saturated rings. The molecule has 0 bridgehead atoms. The summed E-state index contributed by atoms with van der Waals surface area (Å²) in [5.74, 6) is 0.932. The Kier molecular flexibility index (Phi) is 4.62. The van der Waals surface area contributed by atoms with Crippen LogP contribution in [0.25, 0.3) is 0 Å². The van der Waals surface area contributed by atoms with Gasteiger partial charge in [0, 0.05) is 12.6 Å². The van der Waals surface area contributed by atoms with E-state index in [4.69, 9.17) is 0 Å². The van der Waals surface area contributed by atoms with Gasteiger partial charge in [-0.2, -0.15) is 0 Å². The van der Waals surface area contributed by atoms with Gasteiger partial charge in [0.15, 0.2) is 0 Å². The molecule has 0 saturated carbocycles. The van der Waals surface area contributed by atoms with E-state index in [9.17, 15) is 0 Å². The van der Waals surface area contributed by atoms with Crippen molar-refractivity contribution >= 4 is 0 Å². The Morgan fingerprint density at radius 3 is 3.00 bits per heavy atom. The van der Waals surface area contributed by atoms with Gasteiger partial charge < -0.3 is 15.1 Å².